The first kappa shape index (κ1) is 14.1. The van der Waals surface area contributed by atoms with Crippen LogP contribution in [0.3, 0.4) is 0 Å². The van der Waals surface area contributed by atoms with Gasteiger partial charge in [0.15, 0.2) is 5.16 Å². The van der Waals surface area contributed by atoms with Crippen molar-refractivity contribution in [3.8, 4) is 12.1 Å². The average Bonchev–Trinajstić information content (AvgIpc) is 2.46. The van der Waals surface area contributed by atoms with Crippen LogP contribution >= 0.6 is 23.4 Å². The van der Waals surface area contributed by atoms with Crippen LogP contribution in [0.25, 0.3) is 0 Å². The first-order valence-corrected chi connectivity index (χ1v) is 7.06. The van der Waals surface area contributed by atoms with E-state index in [9.17, 15) is 0 Å². The van der Waals surface area contributed by atoms with Gasteiger partial charge in [0, 0.05) is 11.8 Å². The number of halogens is 1. The van der Waals surface area contributed by atoms with Crippen LogP contribution in [0.4, 0.5) is 11.5 Å². The number of nitrogens with zero attached hydrogens (tertiary/aromatic N) is 4. The molecule has 1 aromatic carbocycles. The molecule has 0 saturated heterocycles. The summed E-state index contributed by atoms with van der Waals surface area (Å²) in [4.78, 5) is 8.29. The number of anilines is 2. The Bertz CT molecular complexity index is 733. The molecule has 0 bridgehead atoms. The summed E-state index contributed by atoms with van der Waals surface area (Å²) in [7, 11) is 0. The molecule has 5 nitrogen and oxygen atoms in total. The minimum Gasteiger partial charge on any atom is -0.340 e. The van der Waals surface area contributed by atoms with Crippen molar-refractivity contribution in [1.29, 1.82) is 10.5 Å². The maximum Gasteiger partial charge on any atom is 0.190 e. The lowest BCUT2D eigenvalue weighted by Crippen LogP contribution is -1.97. The summed E-state index contributed by atoms with van der Waals surface area (Å²) >= 11 is 7.28. The van der Waals surface area contributed by atoms with E-state index in [1.54, 1.807) is 24.3 Å². The summed E-state index contributed by atoms with van der Waals surface area (Å²) in [5.41, 5.74) is 1.30. The normalized spacial score (nSPS) is 9.60. The van der Waals surface area contributed by atoms with Gasteiger partial charge in [-0.15, -0.1) is 0 Å². The van der Waals surface area contributed by atoms with Crippen LogP contribution in [-0.4, -0.2) is 16.2 Å². The second kappa shape index (κ2) is 6.25. The highest BCUT2D eigenvalue weighted by atomic mass is 35.5. The van der Waals surface area contributed by atoms with E-state index in [-0.39, 0.29) is 0 Å². The van der Waals surface area contributed by atoms with Crippen LogP contribution in [0.2, 0.25) is 5.15 Å². The third-order valence-electron chi connectivity index (χ3n) is 2.39. The standard InChI is InChI=1S/C13H8ClN5S/c1-20-13-18-11(14)5-12(19-13)17-10-3-2-8(6-15)9(4-10)7-16/h2-5H,1H3,(H,17,18,19). The second-order valence-electron chi connectivity index (χ2n) is 3.67. The van der Waals surface area contributed by atoms with Crippen molar-refractivity contribution in [3.63, 3.8) is 0 Å². The van der Waals surface area contributed by atoms with Gasteiger partial charge in [-0.3, -0.25) is 0 Å². The van der Waals surface area contributed by atoms with Crippen LogP contribution in [0.5, 0.6) is 0 Å². The highest BCUT2D eigenvalue weighted by Crippen LogP contribution is 2.22. The molecule has 2 aromatic rings. The van der Waals surface area contributed by atoms with Crippen molar-refractivity contribution in [2.45, 2.75) is 5.16 Å². The molecule has 0 radical (unpaired) electrons. The maximum absolute atomic E-state index is 8.99. The van der Waals surface area contributed by atoms with Crippen LogP contribution < -0.4 is 5.32 Å². The van der Waals surface area contributed by atoms with Gasteiger partial charge in [-0.05, 0) is 24.5 Å². The van der Waals surface area contributed by atoms with E-state index in [2.05, 4.69) is 15.3 Å². The zero-order valence-electron chi connectivity index (χ0n) is 10.4. The molecule has 7 heteroatoms. The molecule has 0 aliphatic heterocycles. The largest absolute Gasteiger partial charge is 0.340 e. The summed E-state index contributed by atoms with van der Waals surface area (Å²) < 4.78 is 0. The molecule has 0 spiro atoms. The van der Waals surface area contributed by atoms with Gasteiger partial charge in [-0.2, -0.15) is 10.5 Å². The molecular formula is C13H8ClN5S. The van der Waals surface area contributed by atoms with Crippen LogP contribution in [0, 0.1) is 22.7 Å². The van der Waals surface area contributed by atoms with E-state index < -0.39 is 0 Å². The van der Waals surface area contributed by atoms with E-state index in [0.29, 0.717) is 32.9 Å². The van der Waals surface area contributed by atoms with E-state index in [4.69, 9.17) is 22.1 Å². The molecule has 0 amide bonds. The Morgan fingerprint density at radius 2 is 1.90 bits per heavy atom. The fourth-order valence-corrected chi connectivity index (χ4v) is 2.12. The molecule has 1 heterocycles. The van der Waals surface area contributed by atoms with Crippen molar-refractivity contribution >= 4 is 34.9 Å². The number of nitriles is 2. The van der Waals surface area contributed by atoms with E-state index >= 15 is 0 Å². The van der Waals surface area contributed by atoms with Gasteiger partial charge >= 0.3 is 0 Å². The fraction of sp³-hybridized carbons (Fsp3) is 0.0769. The Kier molecular flexibility index (Phi) is 4.41. The number of aromatic nitrogens is 2. The molecule has 1 aromatic heterocycles. The Balaban J connectivity index is 2.33. The quantitative estimate of drug-likeness (QED) is 0.531. The lowest BCUT2D eigenvalue weighted by molar-refractivity contribution is 0.976. The number of nitrogens with one attached hydrogen (secondary N) is 1. The number of benzene rings is 1. The average molecular weight is 302 g/mol. The first-order valence-electron chi connectivity index (χ1n) is 5.46. The summed E-state index contributed by atoms with van der Waals surface area (Å²) in [6.07, 6.45) is 1.85. The zero-order chi connectivity index (χ0) is 14.5. The number of hydrogen-bond acceptors (Lipinski definition) is 6. The SMILES string of the molecule is CSc1nc(Cl)cc(Nc2ccc(C#N)c(C#N)c2)n1. The van der Waals surface area contributed by atoms with Crippen LogP contribution in [-0.2, 0) is 0 Å². The predicted molar refractivity (Wildman–Crippen MR) is 78.0 cm³/mol. The first-order chi connectivity index (χ1) is 9.66. The monoisotopic (exact) mass is 301 g/mol. The van der Waals surface area contributed by atoms with Gasteiger partial charge in [-0.25, -0.2) is 9.97 Å². The molecule has 1 N–H and O–H groups in total. The molecule has 0 atom stereocenters. The Morgan fingerprint density at radius 3 is 2.55 bits per heavy atom. The van der Waals surface area contributed by atoms with E-state index in [0.717, 1.165) is 0 Å². The smallest absolute Gasteiger partial charge is 0.190 e. The van der Waals surface area contributed by atoms with Crippen molar-refractivity contribution < 1.29 is 0 Å². The van der Waals surface area contributed by atoms with E-state index in [1.807, 2.05) is 18.4 Å². The van der Waals surface area contributed by atoms with Crippen LogP contribution in [0.15, 0.2) is 29.4 Å². The molecule has 2 rings (SSSR count). The molecular weight excluding hydrogens is 294 g/mol. The molecule has 98 valence electrons. The summed E-state index contributed by atoms with van der Waals surface area (Å²) in [5, 5.41) is 21.8. The van der Waals surface area contributed by atoms with Crippen molar-refractivity contribution in [2.75, 3.05) is 11.6 Å². The Hall–Kier alpha value is -2.28. The third kappa shape index (κ3) is 3.18. The highest BCUT2D eigenvalue weighted by molar-refractivity contribution is 7.98. The summed E-state index contributed by atoms with van der Waals surface area (Å²) in [6.45, 7) is 0. The molecule has 20 heavy (non-hydrogen) atoms. The molecule has 0 saturated carbocycles. The topological polar surface area (TPSA) is 85.4 Å². The lowest BCUT2D eigenvalue weighted by atomic mass is 10.1. The van der Waals surface area contributed by atoms with Gasteiger partial charge in [0.25, 0.3) is 0 Å². The van der Waals surface area contributed by atoms with Crippen LogP contribution in [0.1, 0.15) is 11.1 Å². The van der Waals surface area contributed by atoms with E-state index in [1.165, 1.54) is 11.8 Å². The number of thioether (sulfide) groups is 1. The highest BCUT2D eigenvalue weighted by Gasteiger charge is 2.06. The summed E-state index contributed by atoms with van der Waals surface area (Å²) in [6, 6.07) is 10.4. The lowest BCUT2D eigenvalue weighted by Gasteiger charge is -2.07. The Morgan fingerprint density at radius 1 is 1.15 bits per heavy atom. The van der Waals surface area contributed by atoms with Gasteiger partial charge < -0.3 is 5.32 Å². The third-order valence-corrected chi connectivity index (χ3v) is 3.13. The number of rotatable bonds is 3. The van der Waals surface area contributed by atoms with Crippen molar-refractivity contribution in [2.24, 2.45) is 0 Å². The minimum absolute atomic E-state index is 0.308. The fourth-order valence-electron chi connectivity index (χ4n) is 1.51. The molecule has 0 fully saturated rings. The Labute approximate surface area is 125 Å². The predicted octanol–water partition coefficient (Wildman–Crippen LogP) is 3.34. The molecule has 0 aliphatic carbocycles. The zero-order valence-corrected chi connectivity index (χ0v) is 12.0. The van der Waals surface area contributed by atoms with Gasteiger partial charge in [0.1, 0.15) is 23.1 Å². The van der Waals surface area contributed by atoms with Gasteiger partial charge in [0.2, 0.25) is 0 Å². The van der Waals surface area contributed by atoms with Gasteiger partial charge in [-0.1, -0.05) is 23.4 Å². The second-order valence-corrected chi connectivity index (χ2v) is 4.83. The summed E-state index contributed by atoms with van der Waals surface area (Å²) in [5.74, 6) is 0.531. The van der Waals surface area contributed by atoms with Crippen molar-refractivity contribution in [3.05, 3.63) is 40.5 Å². The number of hydrogen-bond donors (Lipinski definition) is 1. The molecule has 0 unspecified atom stereocenters. The van der Waals surface area contributed by atoms with Gasteiger partial charge in [0.05, 0.1) is 11.1 Å². The minimum atomic E-state index is 0.308. The molecule has 0 aliphatic rings. The maximum atomic E-state index is 8.99. The van der Waals surface area contributed by atoms with Crippen molar-refractivity contribution in [1.82, 2.24) is 9.97 Å².